The van der Waals surface area contributed by atoms with Crippen LogP contribution in [-0.4, -0.2) is 37.1 Å². The van der Waals surface area contributed by atoms with Crippen LogP contribution >= 0.6 is 0 Å². The summed E-state index contributed by atoms with van der Waals surface area (Å²) in [6, 6.07) is 5.60. The largest absolute Gasteiger partial charge is 0.488 e. The van der Waals surface area contributed by atoms with E-state index in [0.717, 1.165) is 17.6 Å². The third-order valence-electron chi connectivity index (χ3n) is 3.00. The van der Waals surface area contributed by atoms with Gasteiger partial charge in [0.25, 0.3) is 0 Å². The standard InChI is InChI=1S/C15H20N2O3/c1-10(2)13-11-6-5-7-12(19-9-8-17(3)4)14(11)20-15(18)16-13/h5-7,10H,8-9H2,1-4H3. The van der Waals surface area contributed by atoms with Gasteiger partial charge in [-0.1, -0.05) is 19.9 Å². The van der Waals surface area contributed by atoms with Crippen LogP contribution in [0.3, 0.4) is 0 Å². The number of likely N-dealkylation sites (N-methyl/N-ethyl adjacent to an activating group) is 1. The molecule has 0 spiro atoms. The lowest BCUT2D eigenvalue weighted by atomic mass is 10.1. The Balaban J connectivity index is 2.44. The Morgan fingerprint density at radius 3 is 2.75 bits per heavy atom. The van der Waals surface area contributed by atoms with E-state index >= 15 is 0 Å². The Bertz CT molecular complexity index is 647. The quantitative estimate of drug-likeness (QED) is 0.838. The monoisotopic (exact) mass is 276 g/mol. The van der Waals surface area contributed by atoms with Crippen LogP contribution in [0.2, 0.25) is 0 Å². The Morgan fingerprint density at radius 1 is 1.35 bits per heavy atom. The number of hydrogen-bond acceptors (Lipinski definition) is 5. The maximum atomic E-state index is 11.6. The second-order valence-corrected chi connectivity index (χ2v) is 5.30. The number of rotatable bonds is 5. The van der Waals surface area contributed by atoms with E-state index in [4.69, 9.17) is 9.15 Å². The molecule has 0 aliphatic carbocycles. The molecule has 20 heavy (non-hydrogen) atoms. The minimum Gasteiger partial charge on any atom is -0.488 e. The van der Waals surface area contributed by atoms with Crippen molar-refractivity contribution in [3.8, 4) is 5.75 Å². The van der Waals surface area contributed by atoms with Crippen LogP contribution in [0.5, 0.6) is 5.75 Å². The molecule has 2 rings (SSSR count). The van der Waals surface area contributed by atoms with Gasteiger partial charge in [0.2, 0.25) is 0 Å². The molecule has 0 atom stereocenters. The molecule has 108 valence electrons. The lowest BCUT2D eigenvalue weighted by Crippen LogP contribution is -2.19. The highest BCUT2D eigenvalue weighted by molar-refractivity contribution is 5.84. The summed E-state index contributed by atoms with van der Waals surface area (Å²) in [5, 5.41) is 0.835. The van der Waals surface area contributed by atoms with E-state index in [1.807, 2.05) is 51.0 Å². The topological polar surface area (TPSA) is 55.6 Å². The van der Waals surface area contributed by atoms with Gasteiger partial charge in [-0.05, 0) is 32.1 Å². The van der Waals surface area contributed by atoms with Crippen LogP contribution in [0.25, 0.3) is 11.0 Å². The molecule has 0 aliphatic heterocycles. The summed E-state index contributed by atoms with van der Waals surface area (Å²) < 4.78 is 11.0. The minimum absolute atomic E-state index is 0.152. The van der Waals surface area contributed by atoms with Crippen LogP contribution in [0.1, 0.15) is 25.5 Å². The summed E-state index contributed by atoms with van der Waals surface area (Å²) in [6.07, 6.45) is 0. The van der Waals surface area contributed by atoms with E-state index in [-0.39, 0.29) is 5.92 Å². The van der Waals surface area contributed by atoms with Crippen molar-refractivity contribution < 1.29 is 9.15 Å². The van der Waals surface area contributed by atoms with Gasteiger partial charge in [-0.15, -0.1) is 0 Å². The van der Waals surface area contributed by atoms with Crippen molar-refractivity contribution in [3.05, 3.63) is 34.4 Å². The Morgan fingerprint density at radius 2 is 2.10 bits per heavy atom. The first-order chi connectivity index (χ1) is 9.49. The third-order valence-corrected chi connectivity index (χ3v) is 3.00. The Kier molecular flexibility index (Phi) is 4.39. The molecule has 1 heterocycles. The van der Waals surface area contributed by atoms with Gasteiger partial charge in [0.15, 0.2) is 11.3 Å². The van der Waals surface area contributed by atoms with Crippen molar-refractivity contribution in [1.82, 2.24) is 9.88 Å². The van der Waals surface area contributed by atoms with Crippen molar-refractivity contribution in [2.24, 2.45) is 0 Å². The Labute approximate surface area is 118 Å². The number of nitrogens with zero attached hydrogens (tertiary/aromatic N) is 2. The molecule has 0 radical (unpaired) electrons. The zero-order chi connectivity index (χ0) is 14.7. The van der Waals surface area contributed by atoms with Crippen molar-refractivity contribution in [2.75, 3.05) is 27.2 Å². The van der Waals surface area contributed by atoms with Gasteiger partial charge in [-0.25, -0.2) is 4.79 Å². The van der Waals surface area contributed by atoms with Crippen LogP contribution < -0.4 is 10.5 Å². The summed E-state index contributed by atoms with van der Waals surface area (Å²) in [5.41, 5.74) is 1.23. The van der Waals surface area contributed by atoms with Gasteiger partial charge in [0.1, 0.15) is 6.61 Å². The van der Waals surface area contributed by atoms with E-state index in [0.29, 0.717) is 17.9 Å². The SMILES string of the molecule is CC(C)c1nc(=O)oc2c(OCCN(C)C)cccc12. The third kappa shape index (κ3) is 3.17. The molecule has 0 saturated carbocycles. The molecule has 1 aromatic heterocycles. The van der Waals surface area contributed by atoms with Crippen molar-refractivity contribution in [3.63, 3.8) is 0 Å². The highest BCUT2D eigenvalue weighted by atomic mass is 16.5. The molecule has 0 bridgehead atoms. The predicted molar refractivity (Wildman–Crippen MR) is 78.4 cm³/mol. The van der Waals surface area contributed by atoms with Gasteiger partial charge >= 0.3 is 5.76 Å². The summed E-state index contributed by atoms with van der Waals surface area (Å²) in [6.45, 7) is 5.33. The second kappa shape index (κ2) is 6.05. The number of fused-ring (bicyclic) bond motifs is 1. The average Bonchev–Trinajstić information content (AvgIpc) is 2.37. The molecule has 5 nitrogen and oxygen atoms in total. The lowest BCUT2D eigenvalue weighted by molar-refractivity contribution is 0.260. The number of hydrogen-bond donors (Lipinski definition) is 0. The molecule has 0 unspecified atom stereocenters. The smallest absolute Gasteiger partial charge is 0.439 e. The van der Waals surface area contributed by atoms with E-state index in [9.17, 15) is 4.79 Å². The molecule has 0 saturated heterocycles. The minimum atomic E-state index is -0.579. The van der Waals surface area contributed by atoms with Crippen molar-refractivity contribution in [2.45, 2.75) is 19.8 Å². The van der Waals surface area contributed by atoms with E-state index < -0.39 is 5.76 Å². The molecular weight excluding hydrogens is 256 g/mol. The number of ether oxygens (including phenoxy) is 1. The number of para-hydroxylation sites is 1. The summed E-state index contributed by atoms with van der Waals surface area (Å²) >= 11 is 0. The van der Waals surface area contributed by atoms with Gasteiger partial charge in [0.05, 0.1) is 5.69 Å². The Hall–Kier alpha value is -1.88. The van der Waals surface area contributed by atoms with Gasteiger partial charge in [-0.3, -0.25) is 0 Å². The first-order valence-corrected chi connectivity index (χ1v) is 6.70. The van der Waals surface area contributed by atoms with Crippen LogP contribution in [-0.2, 0) is 0 Å². The zero-order valence-electron chi connectivity index (χ0n) is 12.3. The van der Waals surface area contributed by atoms with Gasteiger partial charge < -0.3 is 14.1 Å². The summed E-state index contributed by atoms with van der Waals surface area (Å²) in [7, 11) is 3.96. The molecular formula is C15H20N2O3. The fourth-order valence-corrected chi connectivity index (χ4v) is 1.98. The molecule has 2 aromatic rings. The lowest BCUT2D eigenvalue weighted by Gasteiger charge is -2.13. The zero-order valence-corrected chi connectivity index (χ0v) is 12.3. The van der Waals surface area contributed by atoms with Gasteiger partial charge in [0, 0.05) is 11.9 Å². The maximum absolute atomic E-state index is 11.6. The average molecular weight is 276 g/mol. The molecule has 0 fully saturated rings. The predicted octanol–water partition coefficient (Wildman–Crippen LogP) is 2.25. The highest BCUT2D eigenvalue weighted by Gasteiger charge is 2.14. The van der Waals surface area contributed by atoms with Crippen molar-refractivity contribution >= 4 is 11.0 Å². The van der Waals surface area contributed by atoms with E-state index in [2.05, 4.69) is 4.98 Å². The molecule has 1 aromatic carbocycles. The van der Waals surface area contributed by atoms with E-state index in [1.54, 1.807) is 0 Å². The number of aromatic nitrogens is 1. The first kappa shape index (κ1) is 14.5. The fraction of sp³-hybridized carbons (Fsp3) is 0.467. The maximum Gasteiger partial charge on any atom is 0.439 e. The second-order valence-electron chi connectivity index (χ2n) is 5.30. The molecule has 0 N–H and O–H groups in total. The van der Waals surface area contributed by atoms with Crippen LogP contribution in [0.4, 0.5) is 0 Å². The van der Waals surface area contributed by atoms with Crippen molar-refractivity contribution in [1.29, 1.82) is 0 Å². The fourth-order valence-electron chi connectivity index (χ4n) is 1.98. The molecule has 0 aliphatic rings. The number of benzene rings is 1. The summed E-state index contributed by atoms with van der Waals surface area (Å²) in [4.78, 5) is 17.6. The van der Waals surface area contributed by atoms with Crippen LogP contribution in [0.15, 0.2) is 27.4 Å². The van der Waals surface area contributed by atoms with Crippen LogP contribution in [0, 0.1) is 0 Å². The summed E-state index contributed by atoms with van der Waals surface area (Å²) in [5.74, 6) is 0.161. The molecule has 0 amide bonds. The van der Waals surface area contributed by atoms with Gasteiger partial charge in [-0.2, -0.15) is 4.98 Å². The first-order valence-electron chi connectivity index (χ1n) is 6.70. The normalized spacial score (nSPS) is 11.5. The molecule has 5 heteroatoms. The van der Waals surface area contributed by atoms with E-state index in [1.165, 1.54) is 0 Å². The highest BCUT2D eigenvalue weighted by Crippen LogP contribution is 2.28.